The molecular formula is C36H36ClN5O7. The Bertz CT molecular complexity index is 2020. The van der Waals surface area contributed by atoms with Crippen molar-refractivity contribution in [1.29, 1.82) is 0 Å². The van der Waals surface area contributed by atoms with Gasteiger partial charge in [-0.1, -0.05) is 60.1 Å². The number of pyridine rings is 1. The molecule has 254 valence electrons. The van der Waals surface area contributed by atoms with E-state index in [1.807, 2.05) is 42.5 Å². The summed E-state index contributed by atoms with van der Waals surface area (Å²) in [5, 5.41) is 42.3. The zero-order valence-corrected chi connectivity index (χ0v) is 27.3. The number of anilines is 2. The summed E-state index contributed by atoms with van der Waals surface area (Å²) in [5.74, 6) is 0.383. The number of phenols is 1. The third kappa shape index (κ3) is 8.87. The highest BCUT2D eigenvalue weighted by molar-refractivity contribution is 6.33. The molecule has 12 nitrogen and oxygen atoms in total. The molecule has 4 aromatic carbocycles. The number of hydrogen-bond acceptors (Lipinski definition) is 7. The van der Waals surface area contributed by atoms with Crippen molar-refractivity contribution >= 4 is 46.0 Å². The van der Waals surface area contributed by atoms with E-state index in [2.05, 4.69) is 26.3 Å². The molecule has 8 N–H and O–H groups in total. The van der Waals surface area contributed by atoms with Gasteiger partial charge in [-0.3, -0.25) is 10.1 Å². The lowest BCUT2D eigenvalue weighted by molar-refractivity contribution is 0.175. The molecule has 0 unspecified atom stereocenters. The first-order valence-electron chi connectivity index (χ1n) is 15.5. The first-order valence-corrected chi connectivity index (χ1v) is 15.8. The van der Waals surface area contributed by atoms with Gasteiger partial charge in [-0.25, -0.2) is 9.59 Å². The van der Waals surface area contributed by atoms with Gasteiger partial charge < -0.3 is 41.0 Å². The number of aromatic amines is 1. The molecule has 0 spiro atoms. The fourth-order valence-electron chi connectivity index (χ4n) is 5.52. The third-order valence-electron chi connectivity index (χ3n) is 7.88. The SMILES string of the molecule is COc1cc(NC(=O)NCCCc2ccc(-c3ccccc3)c(NC(=O)O)c2)c(Cl)cc1CNC[C@H](O)c1ccc(O)c2[nH]c(=O)ccc12. The molecule has 13 heteroatoms. The molecule has 0 fully saturated rings. The summed E-state index contributed by atoms with van der Waals surface area (Å²) in [6.07, 6.45) is -0.879. The lowest BCUT2D eigenvalue weighted by Gasteiger charge is -2.17. The number of ether oxygens (including phenoxy) is 1. The maximum atomic E-state index is 12.7. The van der Waals surface area contributed by atoms with E-state index in [9.17, 15) is 29.7 Å². The van der Waals surface area contributed by atoms with Gasteiger partial charge in [0.15, 0.2) is 0 Å². The number of nitrogens with one attached hydrogen (secondary N) is 5. The van der Waals surface area contributed by atoms with Crippen molar-refractivity contribution in [3.8, 4) is 22.6 Å². The highest BCUT2D eigenvalue weighted by Crippen LogP contribution is 2.32. The summed E-state index contributed by atoms with van der Waals surface area (Å²) in [6.45, 7) is 0.797. The Morgan fingerprint density at radius 3 is 2.51 bits per heavy atom. The number of carbonyl (C=O) groups is 2. The highest BCUT2D eigenvalue weighted by Gasteiger charge is 2.16. The molecule has 0 aliphatic carbocycles. The van der Waals surface area contributed by atoms with Gasteiger partial charge in [-0.2, -0.15) is 0 Å². The first kappa shape index (κ1) is 34.8. The Balaban J connectivity index is 1.13. The molecule has 0 saturated heterocycles. The van der Waals surface area contributed by atoms with E-state index in [1.54, 1.807) is 30.3 Å². The normalized spacial score (nSPS) is 11.6. The van der Waals surface area contributed by atoms with Crippen LogP contribution in [-0.2, 0) is 13.0 Å². The van der Waals surface area contributed by atoms with Crippen molar-refractivity contribution in [3.63, 3.8) is 0 Å². The van der Waals surface area contributed by atoms with E-state index in [1.165, 1.54) is 19.2 Å². The minimum absolute atomic E-state index is 0.0887. The van der Waals surface area contributed by atoms with Crippen LogP contribution in [0.15, 0.2) is 89.7 Å². The number of aromatic nitrogens is 1. The minimum Gasteiger partial charge on any atom is -0.506 e. The summed E-state index contributed by atoms with van der Waals surface area (Å²) in [5.41, 5.74) is 4.56. The molecule has 1 aromatic heterocycles. The van der Waals surface area contributed by atoms with Gasteiger partial charge in [0.05, 0.1) is 35.1 Å². The van der Waals surface area contributed by atoms with E-state index in [4.69, 9.17) is 16.3 Å². The second kappa shape index (κ2) is 16.0. The Morgan fingerprint density at radius 1 is 0.959 bits per heavy atom. The smallest absolute Gasteiger partial charge is 0.409 e. The summed E-state index contributed by atoms with van der Waals surface area (Å²) >= 11 is 6.51. The van der Waals surface area contributed by atoms with Gasteiger partial charge in [-0.15, -0.1) is 0 Å². The quantitative estimate of drug-likeness (QED) is 0.0670. The minimum atomic E-state index is -1.15. The van der Waals surface area contributed by atoms with Gasteiger partial charge in [0.1, 0.15) is 11.5 Å². The fourth-order valence-corrected chi connectivity index (χ4v) is 5.75. The average Bonchev–Trinajstić information content (AvgIpc) is 3.08. The Hall–Kier alpha value is -5.56. The highest BCUT2D eigenvalue weighted by atomic mass is 35.5. The molecule has 0 aliphatic rings. The van der Waals surface area contributed by atoms with Crippen LogP contribution < -0.4 is 31.6 Å². The number of aromatic hydroxyl groups is 1. The Labute approximate surface area is 286 Å². The maximum Gasteiger partial charge on any atom is 0.409 e. The number of aliphatic hydroxyl groups excluding tert-OH is 1. The average molecular weight is 686 g/mol. The largest absolute Gasteiger partial charge is 0.506 e. The van der Waals surface area contributed by atoms with Crippen molar-refractivity contribution in [2.75, 3.05) is 30.8 Å². The summed E-state index contributed by atoms with van der Waals surface area (Å²) in [6, 6.07) is 23.9. The molecule has 5 rings (SSSR count). The van der Waals surface area contributed by atoms with Crippen LogP contribution in [0.25, 0.3) is 22.0 Å². The molecule has 1 atom stereocenters. The van der Waals surface area contributed by atoms with Gasteiger partial charge in [0.2, 0.25) is 5.56 Å². The number of H-pyrrole nitrogens is 1. The molecular weight excluding hydrogens is 650 g/mol. The number of fused-ring (bicyclic) bond motifs is 1. The number of urea groups is 1. The topological polar surface area (TPSA) is 185 Å². The number of rotatable bonds is 13. The van der Waals surface area contributed by atoms with Crippen molar-refractivity contribution in [2.24, 2.45) is 0 Å². The van der Waals surface area contributed by atoms with Crippen LogP contribution in [0, 0.1) is 0 Å². The Kier molecular flexibility index (Phi) is 11.4. The number of methoxy groups -OCH3 is 1. The van der Waals surface area contributed by atoms with E-state index in [0.717, 1.165) is 16.7 Å². The molecule has 0 radical (unpaired) electrons. The van der Waals surface area contributed by atoms with Crippen LogP contribution >= 0.6 is 11.6 Å². The molecule has 3 amide bonds. The standard InChI is InChI=1S/C36H36ClN5O7/c1-49-32-18-29(27(37)17-23(32)19-38-20-31(44)25-11-13-30(43)34-26(25)12-14-33(45)42-34)40-35(46)39-15-5-6-21-9-10-24(22-7-3-2-4-8-22)28(16-21)41-36(47)48/h2-4,7-14,16-18,31,38,41,43-44H,5-6,15,19-20H2,1H3,(H,42,45)(H,47,48)(H2,39,40,46)/t31-/m0/s1. The number of carbonyl (C=O) groups excluding carboxylic acids is 1. The van der Waals surface area contributed by atoms with E-state index >= 15 is 0 Å². The van der Waals surface area contributed by atoms with Crippen LogP contribution in [0.3, 0.4) is 0 Å². The number of halogens is 1. The molecule has 5 aromatic rings. The zero-order chi connectivity index (χ0) is 34.9. The summed E-state index contributed by atoms with van der Waals surface area (Å²) < 4.78 is 5.53. The number of phenolic OH excluding ortho intramolecular Hbond substituents is 1. The van der Waals surface area contributed by atoms with E-state index in [0.29, 0.717) is 58.0 Å². The first-order chi connectivity index (χ1) is 23.6. The molecule has 1 heterocycles. The summed E-state index contributed by atoms with van der Waals surface area (Å²) in [7, 11) is 1.50. The third-order valence-corrected chi connectivity index (χ3v) is 8.19. The van der Waals surface area contributed by atoms with Gasteiger partial charge in [-0.05, 0) is 53.8 Å². The number of aliphatic hydroxyl groups is 1. The lowest BCUT2D eigenvalue weighted by Crippen LogP contribution is -2.30. The Morgan fingerprint density at radius 2 is 1.76 bits per heavy atom. The number of aryl methyl sites for hydroxylation is 1. The monoisotopic (exact) mass is 685 g/mol. The van der Waals surface area contributed by atoms with E-state index < -0.39 is 18.2 Å². The summed E-state index contributed by atoms with van der Waals surface area (Å²) in [4.78, 5) is 38.4. The predicted octanol–water partition coefficient (Wildman–Crippen LogP) is 6.23. The van der Waals surface area contributed by atoms with Crippen LogP contribution in [0.4, 0.5) is 21.0 Å². The molecule has 49 heavy (non-hydrogen) atoms. The molecule has 0 saturated carbocycles. The van der Waals surface area contributed by atoms with Crippen LogP contribution in [-0.4, -0.2) is 52.6 Å². The van der Waals surface area contributed by atoms with Gasteiger partial charge >= 0.3 is 12.1 Å². The number of benzene rings is 4. The predicted molar refractivity (Wildman–Crippen MR) is 190 cm³/mol. The van der Waals surface area contributed by atoms with Crippen molar-refractivity contribution in [3.05, 3.63) is 117 Å². The van der Waals surface area contributed by atoms with Crippen molar-refractivity contribution < 1.29 is 29.6 Å². The second-order valence-electron chi connectivity index (χ2n) is 11.2. The van der Waals surface area contributed by atoms with Crippen molar-refractivity contribution in [2.45, 2.75) is 25.5 Å². The van der Waals surface area contributed by atoms with Gasteiger partial charge in [0.25, 0.3) is 0 Å². The lowest BCUT2D eigenvalue weighted by atomic mass is 9.99. The molecule has 0 bridgehead atoms. The fraction of sp³-hybridized carbons (Fsp3) is 0.194. The van der Waals surface area contributed by atoms with E-state index in [-0.39, 0.29) is 29.9 Å². The number of hydrogen-bond donors (Lipinski definition) is 8. The molecule has 0 aliphatic heterocycles. The zero-order valence-electron chi connectivity index (χ0n) is 26.5. The second-order valence-corrected chi connectivity index (χ2v) is 11.6. The maximum absolute atomic E-state index is 12.7. The van der Waals surface area contributed by atoms with Gasteiger partial charge in [0, 0.05) is 48.3 Å². The number of carboxylic acid groups (broad SMARTS) is 1. The number of amides is 3. The van der Waals surface area contributed by atoms with Crippen molar-refractivity contribution in [1.82, 2.24) is 15.6 Å². The van der Waals surface area contributed by atoms with Crippen LogP contribution in [0.2, 0.25) is 5.02 Å². The van der Waals surface area contributed by atoms with Crippen LogP contribution in [0.1, 0.15) is 29.2 Å². The van der Waals surface area contributed by atoms with Crippen LogP contribution in [0.5, 0.6) is 11.5 Å².